The summed E-state index contributed by atoms with van der Waals surface area (Å²) in [5.74, 6) is 0.202. The Balaban J connectivity index is 3.11. The highest BCUT2D eigenvalue weighted by Crippen LogP contribution is 2.27. The highest BCUT2D eigenvalue weighted by Gasteiger charge is 2.07. The van der Waals surface area contributed by atoms with Crippen LogP contribution in [0.15, 0.2) is 12.1 Å². The molecule has 0 bridgehead atoms. The molecule has 0 aliphatic rings. The molecule has 0 saturated heterocycles. The summed E-state index contributed by atoms with van der Waals surface area (Å²) in [6.07, 6.45) is 0.713. The zero-order valence-corrected chi connectivity index (χ0v) is 8.10. The van der Waals surface area contributed by atoms with E-state index in [0.717, 1.165) is 5.56 Å². The Hall–Kier alpha value is -0.770. The summed E-state index contributed by atoms with van der Waals surface area (Å²) in [6.45, 7) is 2.13. The Labute approximate surface area is 81.9 Å². The number of hydrogen-bond donors (Lipinski definition) is 3. The van der Waals surface area contributed by atoms with E-state index < -0.39 is 0 Å². The van der Waals surface area contributed by atoms with E-state index in [1.54, 1.807) is 12.1 Å². The fraction of sp³-hybridized carbons (Fsp3) is 0.333. The van der Waals surface area contributed by atoms with Crippen LogP contribution in [0, 0.1) is 0 Å². The predicted octanol–water partition coefficient (Wildman–Crippen LogP) is 2.09. The molecule has 0 fully saturated rings. The van der Waals surface area contributed by atoms with Crippen molar-refractivity contribution in [3.05, 3.63) is 28.3 Å². The van der Waals surface area contributed by atoms with Crippen LogP contribution in [0.4, 0.5) is 0 Å². The molecule has 0 aromatic heterocycles. The van der Waals surface area contributed by atoms with Crippen LogP contribution >= 0.6 is 11.6 Å². The molecule has 72 valence electrons. The van der Waals surface area contributed by atoms with E-state index in [2.05, 4.69) is 0 Å². The lowest BCUT2D eigenvalue weighted by atomic mass is 10.1. The summed E-state index contributed by atoms with van der Waals surface area (Å²) < 4.78 is 0. The molecule has 1 aromatic rings. The quantitative estimate of drug-likeness (QED) is 0.657. The lowest BCUT2D eigenvalue weighted by Crippen LogP contribution is -2.06. The fourth-order valence-corrected chi connectivity index (χ4v) is 1.47. The summed E-state index contributed by atoms with van der Waals surface area (Å²) in [5.41, 5.74) is 3.38. The maximum Gasteiger partial charge on any atom is 0.123 e. The molecule has 0 unspecified atom stereocenters. The second-order valence-electron chi connectivity index (χ2n) is 2.76. The number of hydroxylamine groups is 1. The van der Waals surface area contributed by atoms with Crippen molar-refractivity contribution in [1.29, 1.82) is 0 Å². The lowest BCUT2D eigenvalue weighted by molar-refractivity contribution is 0.160. The third-order valence-electron chi connectivity index (χ3n) is 1.88. The molecule has 0 heterocycles. The molecule has 1 rings (SSSR count). The molecule has 3 N–H and O–H groups in total. The molecule has 4 heteroatoms. The van der Waals surface area contributed by atoms with Gasteiger partial charge in [0.1, 0.15) is 5.75 Å². The van der Waals surface area contributed by atoms with Crippen molar-refractivity contribution in [3.63, 3.8) is 0 Å². The van der Waals surface area contributed by atoms with Crippen molar-refractivity contribution in [2.75, 3.05) is 0 Å². The lowest BCUT2D eigenvalue weighted by Gasteiger charge is -2.08. The molecule has 0 aliphatic carbocycles. The maximum absolute atomic E-state index is 9.63. The van der Waals surface area contributed by atoms with Gasteiger partial charge in [-0.2, -0.15) is 0 Å². The van der Waals surface area contributed by atoms with Gasteiger partial charge in [0.05, 0.1) is 0 Å². The summed E-state index contributed by atoms with van der Waals surface area (Å²) in [4.78, 5) is 0. The third-order valence-corrected chi connectivity index (χ3v) is 2.10. The topological polar surface area (TPSA) is 52.5 Å². The molecule has 0 radical (unpaired) electrons. The number of phenolic OH excluding ortho intramolecular Hbond substituents is 1. The van der Waals surface area contributed by atoms with E-state index in [1.165, 1.54) is 0 Å². The minimum atomic E-state index is 0.194. The van der Waals surface area contributed by atoms with Crippen molar-refractivity contribution >= 4 is 11.6 Å². The first-order valence-electron chi connectivity index (χ1n) is 4.06. The van der Waals surface area contributed by atoms with Crippen LogP contribution in [0.5, 0.6) is 5.75 Å². The summed E-state index contributed by atoms with van der Waals surface area (Å²) >= 11 is 5.82. The van der Waals surface area contributed by atoms with Gasteiger partial charge in [-0.1, -0.05) is 18.5 Å². The second-order valence-corrected chi connectivity index (χ2v) is 3.20. The van der Waals surface area contributed by atoms with E-state index in [9.17, 15) is 5.11 Å². The zero-order valence-electron chi connectivity index (χ0n) is 7.34. The molecule has 0 spiro atoms. The normalized spacial score (nSPS) is 10.4. The highest BCUT2D eigenvalue weighted by molar-refractivity contribution is 6.30. The van der Waals surface area contributed by atoms with Gasteiger partial charge in [-0.3, -0.25) is 0 Å². The van der Waals surface area contributed by atoms with E-state index in [4.69, 9.17) is 16.8 Å². The van der Waals surface area contributed by atoms with Crippen LogP contribution in [-0.2, 0) is 13.0 Å². The van der Waals surface area contributed by atoms with Gasteiger partial charge in [0.25, 0.3) is 0 Å². The average molecular weight is 202 g/mol. The molecule has 0 atom stereocenters. The summed E-state index contributed by atoms with van der Waals surface area (Å²) in [5, 5.41) is 18.7. The monoisotopic (exact) mass is 201 g/mol. The van der Waals surface area contributed by atoms with E-state index in [-0.39, 0.29) is 12.3 Å². The van der Waals surface area contributed by atoms with Gasteiger partial charge >= 0.3 is 0 Å². The average Bonchev–Trinajstić information content (AvgIpc) is 2.11. The van der Waals surface area contributed by atoms with Gasteiger partial charge in [-0.25, -0.2) is 5.48 Å². The van der Waals surface area contributed by atoms with E-state index in [1.807, 2.05) is 12.4 Å². The third kappa shape index (κ3) is 2.34. The number of rotatable bonds is 3. The number of halogens is 1. The minimum Gasteiger partial charge on any atom is -0.507 e. The first-order chi connectivity index (χ1) is 6.19. The van der Waals surface area contributed by atoms with Crippen LogP contribution in [-0.4, -0.2) is 10.3 Å². The second kappa shape index (κ2) is 4.46. The van der Waals surface area contributed by atoms with Gasteiger partial charge < -0.3 is 10.3 Å². The Bertz CT molecular complexity index is 302. The molecule has 0 aliphatic heterocycles. The number of phenols is 1. The van der Waals surface area contributed by atoms with Crippen molar-refractivity contribution < 1.29 is 10.3 Å². The standard InChI is InChI=1S/C9H12ClNO2/c1-2-6-3-8(10)4-7(5-11-13)9(6)12/h3-4,11-13H,2,5H2,1H3. The Morgan fingerprint density at radius 3 is 2.54 bits per heavy atom. The van der Waals surface area contributed by atoms with Crippen molar-refractivity contribution in [2.45, 2.75) is 19.9 Å². The van der Waals surface area contributed by atoms with Gasteiger partial charge in [-0.15, -0.1) is 0 Å². The van der Waals surface area contributed by atoms with Gasteiger partial charge in [0, 0.05) is 17.1 Å². The summed E-state index contributed by atoms with van der Waals surface area (Å²) in [7, 11) is 0. The van der Waals surface area contributed by atoms with Crippen LogP contribution < -0.4 is 5.48 Å². The van der Waals surface area contributed by atoms with Crippen molar-refractivity contribution in [1.82, 2.24) is 5.48 Å². The molecule has 13 heavy (non-hydrogen) atoms. The number of nitrogens with one attached hydrogen (secondary N) is 1. The minimum absolute atomic E-state index is 0.194. The van der Waals surface area contributed by atoms with Gasteiger partial charge in [0.15, 0.2) is 0 Å². The van der Waals surface area contributed by atoms with E-state index >= 15 is 0 Å². The van der Waals surface area contributed by atoms with Crippen molar-refractivity contribution in [2.24, 2.45) is 0 Å². The molecule has 0 amide bonds. The zero-order chi connectivity index (χ0) is 9.84. The first-order valence-corrected chi connectivity index (χ1v) is 4.44. The molecule has 1 aromatic carbocycles. The van der Waals surface area contributed by atoms with Crippen LogP contribution in [0.2, 0.25) is 5.02 Å². The number of aryl methyl sites for hydroxylation is 1. The van der Waals surface area contributed by atoms with Gasteiger partial charge in [0.2, 0.25) is 0 Å². The highest BCUT2D eigenvalue weighted by atomic mass is 35.5. The summed E-state index contributed by atoms with van der Waals surface area (Å²) in [6, 6.07) is 3.34. The fourth-order valence-electron chi connectivity index (χ4n) is 1.21. The molecular weight excluding hydrogens is 190 g/mol. The van der Waals surface area contributed by atoms with Crippen molar-refractivity contribution in [3.8, 4) is 5.75 Å². The van der Waals surface area contributed by atoms with Crippen LogP contribution in [0.25, 0.3) is 0 Å². The Kier molecular flexibility index (Phi) is 3.54. The Morgan fingerprint density at radius 1 is 1.38 bits per heavy atom. The maximum atomic E-state index is 9.63. The van der Waals surface area contributed by atoms with Gasteiger partial charge in [-0.05, 0) is 24.1 Å². The SMILES string of the molecule is CCc1cc(Cl)cc(CNO)c1O. The largest absolute Gasteiger partial charge is 0.507 e. The molecular formula is C9H12ClNO2. The number of aromatic hydroxyl groups is 1. The van der Waals surface area contributed by atoms with Crippen LogP contribution in [0.1, 0.15) is 18.1 Å². The Morgan fingerprint density at radius 2 is 2.00 bits per heavy atom. The van der Waals surface area contributed by atoms with E-state index in [0.29, 0.717) is 17.0 Å². The first kappa shape index (κ1) is 10.3. The molecule has 0 saturated carbocycles. The number of benzene rings is 1. The predicted molar refractivity (Wildman–Crippen MR) is 51.1 cm³/mol. The van der Waals surface area contributed by atoms with Crippen LogP contribution in [0.3, 0.4) is 0 Å². The molecule has 3 nitrogen and oxygen atoms in total. The number of hydrogen-bond acceptors (Lipinski definition) is 3. The smallest absolute Gasteiger partial charge is 0.123 e.